The summed E-state index contributed by atoms with van der Waals surface area (Å²) in [5, 5.41) is 13.1. The molecule has 0 radical (unpaired) electrons. The molecule has 1 aromatic heterocycles. The van der Waals surface area contributed by atoms with Crippen LogP contribution in [0, 0.1) is 0 Å². The molecule has 132 valence electrons. The van der Waals surface area contributed by atoms with Crippen molar-refractivity contribution in [3.63, 3.8) is 0 Å². The van der Waals surface area contributed by atoms with Crippen LogP contribution in [-0.2, 0) is 4.79 Å². The number of benzene rings is 1. The molecule has 2 heterocycles. The first-order valence-electron chi connectivity index (χ1n) is 8.75. The summed E-state index contributed by atoms with van der Waals surface area (Å²) < 4.78 is 0. The number of carbonyl (C=O) groups is 2. The molecular formula is C19H23N3O3. The second-order valence-corrected chi connectivity index (χ2v) is 6.34. The van der Waals surface area contributed by atoms with E-state index in [1.54, 1.807) is 11.0 Å². The molecule has 25 heavy (non-hydrogen) atoms. The Bertz CT molecular complexity index is 754. The number of amides is 2. The molecule has 0 unspecified atom stereocenters. The first kappa shape index (κ1) is 17.4. The molecular weight excluding hydrogens is 318 g/mol. The number of hydrogen-bond donors (Lipinski definition) is 2. The third-order valence-corrected chi connectivity index (χ3v) is 4.53. The predicted octanol–water partition coefficient (Wildman–Crippen LogP) is 1.73. The zero-order valence-electron chi connectivity index (χ0n) is 14.1. The van der Waals surface area contributed by atoms with Crippen LogP contribution in [0.1, 0.15) is 36.2 Å². The Morgan fingerprint density at radius 2 is 1.80 bits per heavy atom. The molecule has 0 aliphatic carbocycles. The quantitative estimate of drug-likeness (QED) is 0.887. The highest BCUT2D eigenvalue weighted by Gasteiger charge is 2.26. The van der Waals surface area contributed by atoms with Crippen LogP contribution in [-0.4, -0.2) is 52.5 Å². The Hall–Kier alpha value is -2.47. The molecule has 6 nitrogen and oxygen atoms in total. The van der Waals surface area contributed by atoms with Gasteiger partial charge in [0.25, 0.3) is 5.91 Å². The molecule has 1 atom stereocenters. The molecule has 6 heteroatoms. The predicted molar refractivity (Wildman–Crippen MR) is 95.1 cm³/mol. The Kier molecular flexibility index (Phi) is 5.60. The summed E-state index contributed by atoms with van der Waals surface area (Å²) in [7, 11) is 0. The fourth-order valence-corrected chi connectivity index (χ4v) is 3.12. The van der Waals surface area contributed by atoms with Crippen molar-refractivity contribution in [2.45, 2.75) is 31.7 Å². The maximum Gasteiger partial charge on any atom is 0.270 e. The summed E-state index contributed by atoms with van der Waals surface area (Å²) in [6.45, 7) is 0.938. The highest BCUT2D eigenvalue weighted by molar-refractivity contribution is 5.97. The lowest BCUT2D eigenvalue weighted by molar-refractivity contribution is -0.134. The highest BCUT2D eigenvalue weighted by atomic mass is 16.3. The van der Waals surface area contributed by atoms with E-state index in [9.17, 15) is 14.7 Å². The third-order valence-electron chi connectivity index (χ3n) is 4.53. The summed E-state index contributed by atoms with van der Waals surface area (Å²) in [6, 6.07) is 10.0. The van der Waals surface area contributed by atoms with Crippen molar-refractivity contribution in [2.75, 3.05) is 19.7 Å². The van der Waals surface area contributed by atoms with E-state index in [0.29, 0.717) is 13.1 Å². The third kappa shape index (κ3) is 4.14. The van der Waals surface area contributed by atoms with Crippen LogP contribution in [0.15, 0.2) is 36.4 Å². The van der Waals surface area contributed by atoms with Crippen LogP contribution in [0.3, 0.4) is 0 Å². The van der Waals surface area contributed by atoms with Gasteiger partial charge in [-0.1, -0.05) is 37.1 Å². The van der Waals surface area contributed by atoms with Gasteiger partial charge >= 0.3 is 0 Å². The molecule has 2 amide bonds. The molecule has 1 aromatic carbocycles. The molecule has 1 saturated heterocycles. The van der Waals surface area contributed by atoms with Crippen LogP contribution in [0.25, 0.3) is 10.9 Å². The molecule has 1 aliphatic rings. The number of likely N-dealkylation sites (tertiary alicyclic amines) is 1. The lowest BCUT2D eigenvalue weighted by atomic mass is 10.2. The average Bonchev–Trinajstić information content (AvgIpc) is 2.94. The summed E-state index contributed by atoms with van der Waals surface area (Å²) in [6.07, 6.45) is 4.15. The molecule has 2 N–H and O–H groups in total. The van der Waals surface area contributed by atoms with Gasteiger partial charge in [0.15, 0.2) is 0 Å². The fraction of sp³-hybridized carbons (Fsp3) is 0.421. The molecule has 2 aromatic rings. The Balaban J connectivity index is 1.71. The molecule has 1 aliphatic heterocycles. The number of nitrogens with zero attached hydrogens (tertiary/aromatic N) is 2. The molecule has 1 fully saturated rings. The lowest BCUT2D eigenvalue weighted by Gasteiger charge is -2.25. The van der Waals surface area contributed by atoms with E-state index in [0.717, 1.165) is 36.6 Å². The summed E-state index contributed by atoms with van der Waals surface area (Å²) in [4.78, 5) is 31.1. The number of aromatic nitrogens is 1. The number of pyridine rings is 1. The van der Waals surface area contributed by atoms with Crippen molar-refractivity contribution in [1.82, 2.24) is 15.2 Å². The molecule has 0 saturated carbocycles. The molecule has 0 spiro atoms. The Morgan fingerprint density at radius 1 is 1.08 bits per heavy atom. The van der Waals surface area contributed by atoms with E-state index in [2.05, 4.69) is 10.3 Å². The van der Waals surface area contributed by atoms with E-state index >= 15 is 0 Å². The van der Waals surface area contributed by atoms with Gasteiger partial charge in [0.05, 0.1) is 12.1 Å². The summed E-state index contributed by atoms with van der Waals surface area (Å²) in [5.41, 5.74) is 0.954. The number of aliphatic hydroxyl groups is 1. The minimum atomic E-state index is -0.932. The van der Waals surface area contributed by atoms with E-state index < -0.39 is 18.6 Å². The smallest absolute Gasteiger partial charge is 0.270 e. The van der Waals surface area contributed by atoms with Gasteiger partial charge in [0.1, 0.15) is 11.7 Å². The van der Waals surface area contributed by atoms with Crippen molar-refractivity contribution >= 4 is 22.7 Å². The van der Waals surface area contributed by atoms with E-state index in [-0.39, 0.29) is 11.6 Å². The van der Waals surface area contributed by atoms with Gasteiger partial charge in [-0.2, -0.15) is 0 Å². The summed E-state index contributed by atoms with van der Waals surface area (Å²) >= 11 is 0. The number of rotatable bonds is 4. The highest BCUT2D eigenvalue weighted by Crippen LogP contribution is 2.13. The van der Waals surface area contributed by atoms with Crippen molar-refractivity contribution in [2.24, 2.45) is 0 Å². The Morgan fingerprint density at radius 3 is 2.52 bits per heavy atom. The second-order valence-electron chi connectivity index (χ2n) is 6.34. The first-order valence-corrected chi connectivity index (χ1v) is 8.75. The van der Waals surface area contributed by atoms with Gasteiger partial charge in [-0.05, 0) is 25.0 Å². The number of para-hydroxylation sites is 1. The zero-order chi connectivity index (χ0) is 17.6. The van der Waals surface area contributed by atoms with E-state index in [1.807, 2.05) is 30.3 Å². The van der Waals surface area contributed by atoms with Gasteiger partial charge < -0.3 is 15.3 Å². The number of hydrogen-bond acceptors (Lipinski definition) is 4. The molecule has 0 bridgehead atoms. The minimum Gasteiger partial charge on any atom is -0.394 e. The van der Waals surface area contributed by atoms with Crippen molar-refractivity contribution < 1.29 is 14.7 Å². The monoisotopic (exact) mass is 341 g/mol. The average molecular weight is 341 g/mol. The largest absolute Gasteiger partial charge is 0.394 e. The van der Waals surface area contributed by atoms with Gasteiger partial charge in [-0.3, -0.25) is 9.59 Å². The van der Waals surface area contributed by atoms with Crippen molar-refractivity contribution in [3.05, 3.63) is 42.1 Å². The standard InChI is InChI=1S/C19H23N3O3/c23-13-17(19(25)22-11-5-1-2-6-12-22)21-18(24)16-10-9-14-7-3-4-8-15(14)20-16/h3-4,7-10,17,23H,1-2,5-6,11-13H2,(H,21,24)/t17-/m0/s1. The first-order chi connectivity index (χ1) is 12.2. The fourth-order valence-electron chi connectivity index (χ4n) is 3.12. The summed E-state index contributed by atoms with van der Waals surface area (Å²) in [5.74, 6) is -0.675. The van der Waals surface area contributed by atoms with E-state index in [1.165, 1.54) is 0 Å². The van der Waals surface area contributed by atoms with Gasteiger partial charge in [0, 0.05) is 18.5 Å². The van der Waals surface area contributed by atoms with Gasteiger partial charge in [0.2, 0.25) is 5.91 Å². The van der Waals surface area contributed by atoms with E-state index in [4.69, 9.17) is 0 Å². The normalized spacial score (nSPS) is 16.3. The molecule has 3 rings (SSSR count). The van der Waals surface area contributed by atoms with Crippen LogP contribution in [0.5, 0.6) is 0 Å². The second kappa shape index (κ2) is 8.07. The number of fused-ring (bicyclic) bond motifs is 1. The van der Waals surface area contributed by atoms with Gasteiger partial charge in [-0.15, -0.1) is 0 Å². The number of nitrogens with one attached hydrogen (secondary N) is 1. The minimum absolute atomic E-state index is 0.224. The number of carbonyl (C=O) groups excluding carboxylic acids is 2. The Labute approximate surface area is 146 Å². The lowest BCUT2D eigenvalue weighted by Crippen LogP contribution is -2.50. The van der Waals surface area contributed by atoms with Crippen molar-refractivity contribution in [1.29, 1.82) is 0 Å². The van der Waals surface area contributed by atoms with Crippen LogP contribution in [0.4, 0.5) is 0 Å². The van der Waals surface area contributed by atoms with Crippen LogP contribution in [0.2, 0.25) is 0 Å². The maximum atomic E-state index is 12.6. The van der Waals surface area contributed by atoms with Crippen molar-refractivity contribution in [3.8, 4) is 0 Å². The number of aliphatic hydroxyl groups excluding tert-OH is 1. The van der Waals surface area contributed by atoms with Crippen LogP contribution >= 0.6 is 0 Å². The SMILES string of the molecule is O=C(N[C@@H](CO)C(=O)N1CCCCCC1)c1ccc2ccccc2n1. The van der Waals surface area contributed by atoms with Gasteiger partial charge in [-0.25, -0.2) is 4.98 Å². The maximum absolute atomic E-state index is 12.6. The topological polar surface area (TPSA) is 82.5 Å². The zero-order valence-corrected chi connectivity index (χ0v) is 14.1. The van der Waals surface area contributed by atoms with Crippen LogP contribution < -0.4 is 5.32 Å².